The molecule has 2 rings (SSSR count). The second kappa shape index (κ2) is 5.81. The number of carbonyl (C=O) groups is 1. The number of nitrogens with zero attached hydrogens (tertiary/aromatic N) is 1. The zero-order valence-corrected chi connectivity index (χ0v) is 12.9. The van der Waals surface area contributed by atoms with Gasteiger partial charge in [0.1, 0.15) is 5.76 Å². The van der Waals surface area contributed by atoms with Gasteiger partial charge >= 0.3 is 5.97 Å². The normalized spacial score (nSPS) is 13.1. The van der Waals surface area contributed by atoms with Crippen LogP contribution in [0.15, 0.2) is 39.8 Å². The van der Waals surface area contributed by atoms with Gasteiger partial charge in [0.15, 0.2) is 5.69 Å². The average Bonchev–Trinajstić information content (AvgIpc) is 2.86. The van der Waals surface area contributed by atoms with Gasteiger partial charge < -0.3 is 9.63 Å². The highest BCUT2D eigenvalue weighted by atomic mass is 32.2. The molecule has 0 saturated carbocycles. The van der Waals surface area contributed by atoms with Crippen molar-refractivity contribution in [2.24, 2.45) is 0 Å². The molecular weight excluding hydrogens is 290 g/mol. The summed E-state index contributed by atoms with van der Waals surface area (Å²) in [7, 11) is -1.30. The van der Waals surface area contributed by atoms with Crippen LogP contribution in [0.2, 0.25) is 0 Å². The molecule has 1 aromatic heterocycles. The van der Waals surface area contributed by atoms with Gasteiger partial charge in [0.25, 0.3) is 0 Å². The molecule has 0 fully saturated rings. The van der Waals surface area contributed by atoms with Crippen molar-refractivity contribution < 1.29 is 18.6 Å². The Hall–Kier alpha value is -1.95. The molecule has 1 aromatic carbocycles. The molecule has 0 radical (unpaired) electrons. The van der Waals surface area contributed by atoms with Crippen LogP contribution >= 0.6 is 0 Å². The van der Waals surface area contributed by atoms with Crippen LogP contribution < -0.4 is 0 Å². The van der Waals surface area contributed by atoms with Gasteiger partial charge in [-0.05, 0) is 23.1 Å². The predicted molar refractivity (Wildman–Crippen MR) is 78.7 cm³/mol. The number of aromatic nitrogens is 1. The topological polar surface area (TPSA) is 80.4 Å². The maximum atomic E-state index is 12.2. The van der Waals surface area contributed by atoms with E-state index < -0.39 is 16.8 Å². The third-order valence-corrected chi connectivity index (χ3v) is 4.38. The summed E-state index contributed by atoms with van der Waals surface area (Å²) in [6.45, 7) is 6.34. The average molecular weight is 307 g/mol. The first-order valence-electron chi connectivity index (χ1n) is 6.45. The molecule has 0 bridgehead atoms. The minimum Gasteiger partial charge on any atom is -0.476 e. The largest absolute Gasteiger partial charge is 0.476 e. The monoisotopic (exact) mass is 307 g/mol. The molecule has 0 aliphatic rings. The van der Waals surface area contributed by atoms with Crippen molar-refractivity contribution in [2.75, 3.05) is 0 Å². The van der Waals surface area contributed by atoms with Crippen LogP contribution in [0.5, 0.6) is 0 Å². The van der Waals surface area contributed by atoms with E-state index in [4.69, 9.17) is 9.63 Å². The van der Waals surface area contributed by atoms with E-state index >= 15 is 0 Å². The maximum Gasteiger partial charge on any atom is 0.358 e. The molecule has 6 heteroatoms. The molecule has 1 heterocycles. The number of benzene rings is 1. The van der Waals surface area contributed by atoms with E-state index in [-0.39, 0.29) is 16.9 Å². The van der Waals surface area contributed by atoms with Gasteiger partial charge in [0.2, 0.25) is 0 Å². The summed E-state index contributed by atoms with van der Waals surface area (Å²) in [6, 6.07) is 8.85. The highest BCUT2D eigenvalue weighted by molar-refractivity contribution is 7.84. The van der Waals surface area contributed by atoms with Crippen molar-refractivity contribution in [1.82, 2.24) is 5.16 Å². The van der Waals surface area contributed by atoms with Crippen molar-refractivity contribution in [3.8, 4) is 0 Å². The first kappa shape index (κ1) is 15.4. The molecular formula is C15H17NO4S. The Balaban J connectivity index is 2.11. The summed E-state index contributed by atoms with van der Waals surface area (Å²) in [5.41, 5.74) is 1.03. The second-order valence-corrected chi connectivity index (χ2v) is 7.20. The first-order chi connectivity index (χ1) is 9.77. The Bertz CT molecular complexity index is 668. The quantitative estimate of drug-likeness (QED) is 0.939. The number of carboxylic acids is 1. The number of carboxylic acid groups (broad SMARTS) is 1. The fourth-order valence-corrected chi connectivity index (χ4v) is 2.80. The molecule has 0 amide bonds. The minimum absolute atomic E-state index is 0.0430. The maximum absolute atomic E-state index is 12.2. The zero-order chi connectivity index (χ0) is 15.6. The number of hydrogen-bond acceptors (Lipinski definition) is 4. The minimum atomic E-state index is -1.30. The fraction of sp³-hybridized carbons (Fsp3) is 0.333. The number of aromatic carboxylic acids is 1. The van der Waals surface area contributed by atoms with E-state index in [0.717, 1.165) is 5.56 Å². The summed E-state index contributed by atoms with van der Waals surface area (Å²) in [5.74, 6) is -0.759. The van der Waals surface area contributed by atoms with E-state index in [1.807, 2.05) is 24.3 Å². The molecule has 21 heavy (non-hydrogen) atoms. The molecule has 1 unspecified atom stereocenters. The number of hydrogen-bond donors (Lipinski definition) is 1. The molecule has 1 atom stereocenters. The molecule has 0 spiro atoms. The van der Waals surface area contributed by atoms with Gasteiger partial charge in [0.05, 0.1) is 16.6 Å². The van der Waals surface area contributed by atoms with Crippen LogP contribution in [0.4, 0.5) is 0 Å². The summed E-state index contributed by atoms with van der Waals surface area (Å²) >= 11 is 0. The van der Waals surface area contributed by atoms with Crippen molar-refractivity contribution in [3.05, 3.63) is 47.3 Å². The third kappa shape index (κ3) is 3.78. The summed E-state index contributed by atoms with van der Waals surface area (Å²) in [4.78, 5) is 11.4. The van der Waals surface area contributed by atoms with Gasteiger partial charge in [-0.1, -0.05) is 38.1 Å². The van der Waals surface area contributed by atoms with Crippen LogP contribution in [-0.4, -0.2) is 20.4 Å². The van der Waals surface area contributed by atoms with Gasteiger partial charge in [-0.2, -0.15) is 0 Å². The lowest BCUT2D eigenvalue weighted by atomic mass is 9.87. The lowest BCUT2D eigenvalue weighted by Crippen LogP contribution is -2.10. The molecule has 1 N–H and O–H groups in total. The van der Waals surface area contributed by atoms with E-state index in [2.05, 4.69) is 25.9 Å². The Morgan fingerprint density at radius 3 is 2.38 bits per heavy atom. The Kier molecular flexibility index (Phi) is 4.27. The Labute approximate surface area is 125 Å². The summed E-state index contributed by atoms with van der Waals surface area (Å²) < 4.78 is 17.1. The van der Waals surface area contributed by atoms with Crippen molar-refractivity contribution in [2.45, 2.75) is 36.8 Å². The van der Waals surface area contributed by atoms with Crippen LogP contribution in [0.1, 0.15) is 42.6 Å². The summed E-state index contributed by atoms with van der Waals surface area (Å²) in [6.07, 6.45) is 0. The van der Waals surface area contributed by atoms with Crippen molar-refractivity contribution >= 4 is 16.8 Å². The molecule has 0 saturated heterocycles. The summed E-state index contributed by atoms with van der Waals surface area (Å²) in [5, 5.41) is 12.2. The van der Waals surface area contributed by atoms with E-state index in [1.165, 1.54) is 6.07 Å². The fourth-order valence-electron chi connectivity index (χ4n) is 1.80. The van der Waals surface area contributed by atoms with E-state index in [0.29, 0.717) is 10.7 Å². The Morgan fingerprint density at radius 1 is 1.29 bits per heavy atom. The van der Waals surface area contributed by atoms with E-state index in [1.54, 1.807) is 0 Å². The standard InChI is InChI=1S/C15H17NO4S/c1-15(2,3)10-4-6-12(7-5-10)21(19)9-11-8-13(14(17)18)16-20-11/h4-8H,9H2,1-3H3,(H,17,18). The van der Waals surface area contributed by atoms with Crippen LogP contribution in [0.25, 0.3) is 0 Å². The molecule has 0 aliphatic carbocycles. The van der Waals surface area contributed by atoms with E-state index in [9.17, 15) is 9.00 Å². The van der Waals surface area contributed by atoms with Crippen LogP contribution in [0.3, 0.4) is 0 Å². The van der Waals surface area contributed by atoms with Crippen LogP contribution in [0, 0.1) is 0 Å². The third-order valence-electron chi connectivity index (χ3n) is 3.03. The number of rotatable bonds is 4. The zero-order valence-electron chi connectivity index (χ0n) is 12.1. The molecule has 5 nitrogen and oxygen atoms in total. The lowest BCUT2D eigenvalue weighted by Gasteiger charge is -2.18. The van der Waals surface area contributed by atoms with Crippen molar-refractivity contribution in [3.63, 3.8) is 0 Å². The SMILES string of the molecule is CC(C)(C)c1ccc(S(=O)Cc2cc(C(=O)O)no2)cc1. The smallest absolute Gasteiger partial charge is 0.358 e. The van der Waals surface area contributed by atoms with Gasteiger partial charge in [0, 0.05) is 11.0 Å². The molecule has 2 aromatic rings. The molecule has 112 valence electrons. The first-order valence-corrected chi connectivity index (χ1v) is 7.77. The Morgan fingerprint density at radius 2 is 1.90 bits per heavy atom. The van der Waals surface area contributed by atoms with Gasteiger partial charge in [-0.15, -0.1) is 0 Å². The highest BCUT2D eigenvalue weighted by Crippen LogP contribution is 2.23. The van der Waals surface area contributed by atoms with Gasteiger partial charge in [-0.25, -0.2) is 4.79 Å². The molecule has 0 aliphatic heterocycles. The van der Waals surface area contributed by atoms with Gasteiger partial charge in [-0.3, -0.25) is 4.21 Å². The predicted octanol–water partition coefficient (Wildman–Crippen LogP) is 2.98. The van der Waals surface area contributed by atoms with Crippen molar-refractivity contribution in [1.29, 1.82) is 0 Å². The van der Waals surface area contributed by atoms with Crippen LogP contribution in [-0.2, 0) is 22.0 Å². The lowest BCUT2D eigenvalue weighted by molar-refractivity contribution is 0.0685. The highest BCUT2D eigenvalue weighted by Gasteiger charge is 2.16. The second-order valence-electron chi connectivity index (χ2n) is 5.75.